The molecule has 0 saturated carbocycles. The molecule has 1 aliphatic carbocycles. The van der Waals surface area contributed by atoms with Crippen molar-refractivity contribution in [3.63, 3.8) is 0 Å². The maximum Gasteiger partial charge on any atom is 0.259 e. The zero-order valence-electron chi connectivity index (χ0n) is 10.8. The summed E-state index contributed by atoms with van der Waals surface area (Å²) in [5.41, 5.74) is 3.22. The highest BCUT2D eigenvalue weighted by Gasteiger charge is 2.24. The van der Waals surface area contributed by atoms with Crippen molar-refractivity contribution in [2.24, 2.45) is 10.3 Å². The summed E-state index contributed by atoms with van der Waals surface area (Å²) >= 11 is 0. The summed E-state index contributed by atoms with van der Waals surface area (Å²) < 4.78 is 0. The smallest absolute Gasteiger partial charge is 0.259 e. The number of fused-ring (bicyclic) bond motifs is 4. The number of hydrogen-bond donors (Lipinski definition) is 1. The average Bonchev–Trinajstić information content (AvgIpc) is 2.81. The third-order valence-corrected chi connectivity index (χ3v) is 3.76. The van der Waals surface area contributed by atoms with E-state index in [4.69, 9.17) is 0 Å². The van der Waals surface area contributed by atoms with Gasteiger partial charge >= 0.3 is 0 Å². The van der Waals surface area contributed by atoms with E-state index < -0.39 is 0 Å². The van der Waals surface area contributed by atoms with Gasteiger partial charge in [0.05, 0.1) is 11.3 Å². The van der Waals surface area contributed by atoms with Crippen LogP contribution in [0.3, 0.4) is 0 Å². The number of nitrogens with zero attached hydrogens (tertiary/aromatic N) is 4. The summed E-state index contributed by atoms with van der Waals surface area (Å²) in [7, 11) is 0. The van der Waals surface area contributed by atoms with Gasteiger partial charge in [-0.25, -0.2) is 0 Å². The van der Waals surface area contributed by atoms with Gasteiger partial charge in [-0.1, -0.05) is 12.1 Å². The van der Waals surface area contributed by atoms with Gasteiger partial charge in [0.1, 0.15) is 5.69 Å². The van der Waals surface area contributed by atoms with Crippen LogP contribution < -0.4 is 5.32 Å². The Morgan fingerprint density at radius 3 is 2.95 bits per heavy atom. The molecule has 1 aliphatic heterocycles. The first kappa shape index (κ1) is 11.3. The normalized spacial score (nSPS) is 16.5. The van der Waals surface area contributed by atoms with Gasteiger partial charge in [0.15, 0.2) is 5.82 Å². The van der Waals surface area contributed by atoms with Gasteiger partial charge < -0.3 is 5.32 Å². The summed E-state index contributed by atoms with van der Waals surface area (Å²) in [6.07, 6.45) is 4.12. The van der Waals surface area contributed by atoms with E-state index in [2.05, 4.69) is 20.8 Å². The first-order valence-electron chi connectivity index (χ1n) is 6.76. The standard InChI is InChI=1S/C14H13N5O/c20-14-10-6-2-3-7-11(10)16-18-19-13(15-14)9-5-1-4-8-12(9)17-19/h2-3,6-7H,1,4-5,8H2,(H,15,20). The van der Waals surface area contributed by atoms with Crippen LogP contribution in [0.2, 0.25) is 0 Å². The second kappa shape index (κ2) is 4.26. The molecular formula is C14H13N5O. The summed E-state index contributed by atoms with van der Waals surface area (Å²) in [5, 5.41) is 15.7. The summed E-state index contributed by atoms with van der Waals surface area (Å²) in [6.45, 7) is 0. The Morgan fingerprint density at radius 2 is 2.00 bits per heavy atom. The lowest BCUT2D eigenvalue weighted by molar-refractivity contribution is 0.102. The van der Waals surface area contributed by atoms with Crippen LogP contribution in [0.15, 0.2) is 34.6 Å². The fourth-order valence-corrected chi connectivity index (χ4v) is 2.75. The van der Waals surface area contributed by atoms with Gasteiger partial charge in [-0.2, -0.15) is 5.10 Å². The minimum atomic E-state index is -0.159. The summed E-state index contributed by atoms with van der Waals surface area (Å²) in [5.74, 6) is 0.511. The Kier molecular flexibility index (Phi) is 2.42. The van der Waals surface area contributed by atoms with E-state index in [0.717, 1.165) is 36.9 Å². The quantitative estimate of drug-likeness (QED) is 0.797. The van der Waals surface area contributed by atoms with Gasteiger partial charge in [0.2, 0.25) is 0 Å². The third-order valence-electron chi connectivity index (χ3n) is 3.76. The van der Waals surface area contributed by atoms with Crippen molar-refractivity contribution in [1.82, 2.24) is 9.89 Å². The molecule has 2 heterocycles. The molecule has 0 saturated heterocycles. The number of aryl methyl sites for hydroxylation is 1. The number of anilines is 1. The van der Waals surface area contributed by atoms with Crippen LogP contribution in [-0.4, -0.2) is 15.8 Å². The van der Waals surface area contributed by atoms with E-state index in [1.807, 2.05) is 12.1 Å². The molecule has 1 aromatic carbocycles. The molecule has 4 rings (SSSR count). The molecule has 0 spiro atoms. The van der Waals surface area contributed by atoms with Gasteiger partial charge in [-0.15, -0.1) is 9.91 Å². The number of amides is 1. The molecule has 0 atom stereocenters. The highest BCUT2D eigenvalue weighted by Crippen LogP contribution is 2.31. The van der Waals surface area contributed by atoms with Crippen molar-refractivity contribution >= 4 is 17.4 Å². The Balaban J connectivity index is 1.88. The molecule has 6 heteroatoms. The van der Waals surface area contributed by atoms with Gasteiger partial charge in [0, 0.05) is 5.56 Å². The van der Waals surface area contributed by atoms with Crippen molar-refractivity contribution in [3.8, 4) is 0 Å². The second-order valence-corrected chi connectivity index (χ2v) is 5.03. The maximum absolute atomic E-state index is 12.4. The first-order chi connectivity index (χ1) is 9.83. The predicted molar refractivity (Wildman–Crippen MR) is 73.2 cm³/mol. The lowest BCUT2D eigenvalue weighted by atomic mass is 9.97. The van der Waals surface area contributed by atoms with Crippen molar-refractivity contribution in [2.75, 3.05) is 5.32 Å². The Hall–Kier alpha value is -2.50. The van der Waals surface area contributed by atoms with Crippen molar-refractivity contribution in [3.05, 3.63) is 41.1 Å². The molecule has 1 N–H and O–H groups in total. The molecule has 0 fully saturated rings. The monoisotopic (exact) mass is 267 g/mol. The lowest BCUT2D eigenvalue weighted by Crippen LogP contribution is -2.17. The Bertz CT molecular complexity index is 731. The highest BCUT2D eigenvalue weighted by molar-refractivity contribution is 6.07. The van der Waals surface area contributed by atoms with E-state index in [0.29, 0.717) is 17.1 Å². The van der Waals surface area contributed by atoms with E-state index in [9.17, 15) is 4.79 Å². The Morgan fingerprint density at radius 1 is 1.15 bits per heavy atom. The van der Waals surface area contributed by atoms with Gasteiger partial charge in [0.25, 0.3) is 5.91 Å². The zero-order chi connectivity index (χ0) is 13.5. The minimum absolute atomic E-state index is 0.159. The van der Waals surface area contributed by atoms with Crippen LogP contribution in [0.4, 0.5) is 11.5 Å². The first-order valence-corrected chi connectivity index (χ1v) is 6.76. The van der Waals surface area contributed by atoms with Crippen molar-refractivity contribution in [1.29, 1.82) is 0 Å². The molecule has 1 aromatic heterocycles. The molecule has 2 aliphatic rings. The number of carbonyl (C=O) groups excluding carboxylic acids is 1. The molecule has 100 valence electrons. The van der Waals surface area contributed by atoms with Crippen LogP contribution in [0, 0.1) is 0 Å². The van der Waals surface area contributed by atoms with Crippen molar-refractivity contribution in [2.45, 2.75) is 25.7 Å². The van der Waals surface area contributed by atoms with Crippen molar-refractivity contribution < 1.29 is 4.79 Å². The lowest BCUT2D eigenvalue weighted by Gasteiger charge is -2.13. The zero-order valence-corrected chi connectivity index (χ0v) is 10.8. The molecule has 2 aromatic rings. The van der Waals surface area contributed by atoms with Gasteiger partial charge in [-0.3, -0.25) is 4.79 Å². The number of rotatable bonds is 0. The molecule has 0 bridgehead atoms. The number of benzene rings is 1. The summed E-state index contributed by atoms with van der Waals surface area (Å²) in [4.78, 5) is 13.8. The van der Waals surface area contributed by atoms with Crippen LogP contribution in [-0.2, 0) is 12.8 Å². The number of carbonyl (C=O) groups is 1. The second-order valence-electron chi connectivity index (χ2n) is 5.03. The molecule has 6 nitrogen and oxygen atoms in total. The van der Waals surface area contributed by atoms with Crippen LogP contribution in [0.1, 0.15) is 34.5 Å². The van der Waals surface area contributed by atoms with E-state index in [-0.39, 0.29) is 5.91 Å². The van der Waals surface area contributed by atoms with E-state index >= 15 is 0 Å². The van der Waals surface area contributed by atoms with Crippen LogP contribution in [0.5, 0.6) is 0 Å². The largest absolute Gasteiger partial charge is 0.305 e. The van der Waals surface area contributed by atoms with Crippen LogP contribution >= 0.6 is 0 Å². The van der Waals surface area contributed by atoms with Crippen LogP contribution in [0.25, 0.3) is 0 Å². The van der Waals surface area contributed by atoms with E-state index in [1.54, 1.807) is 12.1 Å². The fraction of sp³-hybridized carbons (Fsp3) is 0.286. The minimum Gasteiger partial charge on any atom is -0.305 e. The Labute approximate surface area is 115 Å². The number of aromatic nitrogens is 2. The molecule has 0 radical (unpaired) electrons. The topological polar surface area (TPSA) is 71.6 Å². The maximum atomic E-state index is 12.4. The highest BCUT2D eigenvalue weighted by atomic mass is 16.1. The molecule has 1 amide bonds. The predicted octanol–water partition coefficient (Wildman–Crippen LogP) is 2.87. The molecule has 20 heavy (non-hydrogen) atoms. The molecule has 0 unspecified atom stereocenters. The fourth-order valence-electron chi connectivity index (χ4n) is 2.75. The summed E-state index contributed by atoms with van der Waals surface area (Å²) in [6, 6.07) is 7.18. The van der Waals surface area contributed by atoms with E-state index in [1.165, 1.54) is 4.79 Å². The third kappa shape index (κ3) is 1.65. The number of nitrogens with one attached hydrogen (secondary N) is 1. The number of hydrogen-bond acceptors (Lipinski definition) is 4. The molecular weight excluding hydrogens is 254 g/mol. The average molecular weight is 267 g/mol. The van der Waals surface area contributed by atoms with Gasteiger partial charge in [-0.05, 0) is 43.0 Å². The SMILES string of the molecule is O=C1Nc2c3c(nn2N=Nc2ccccc21)CCCC3.